The largest absolute Gasteiger partial charge is 0.303 e. The van der Waals surface area contributed by atoms with Crippen LogP contribution in [0.4, 0.5) is 0 Å². The topological polar surface area (TPSA) is 17.1 Å². The van der Waals surface area contributed by atoms with E-state index in [0.29, 0.717) is 6.42 Å². The van der Waals surface area contributed by atoms with E-state index in [1.165, 1.54) is 21.2 Å². The Balaban J connectivity index is 1.92. The molecule has 1 atom stereocenters. The summed E-state index contributed by atoms with van der Waals surface area (Å²) >= 11 is 1.78. The van der Waals surface area contributed by atoms with Crippen LogP contribution in [-0.2, 0) is 11.2 Å². The molecular formula is C18H16OS. The molecule has 0 radical (unpaired) electrons. The number of aldehydes is 1. The first-order chi connectivity index (χ1) is 9.88. The molecule has 1 nitrogen and oxygen atoms in total. The third-order valence-electron chi connectivity index (χ3n) is 3.68. The highest BCUT2D eigenvalue weighted by Gasteiger charge is 2.14. The predicted molar refractivity (Wildman–Crippen MR) is 85.4 cm³/mol. The second-order valence-corrected chi connectivity index (χ2v) is 5.88. The number of carbonyl (C=O) groups is 1. The van der Waals surface area contributed by atoms with Crippen molar-refractivity contribution in [2.45, 2.75) is 18.8 Å². The highest BCUT2D eigenvalue weighted by atomic mass is 32.1. The van der Waals surface area contributed by atoms with Crippen molar-refractivity contribution in [1.29, 1.82) is 0 Å². The maximum absolute atomic E-state index is 11.0. The summed E-state index contributed by atoms with van der Waals surface area (Å²) in [6, 6.07) is 18.8. The van der Waals surface area contributed by atoms with E-state index in [0.717, 1.165) is 12.7 Å². The molecule has 1 heterocycles. The Morgan fingerprint density at radius 1 is 1.00 bits per heavy atom. The van der Waals surface area contributed by atoms with E-state index >= 15 is 0 Å². The fraction of sp³-hybridized carbons (Fsp3) is 0.167. The summed E-state index contributed by atoms with van der Waals surface area (Å²) in [5, 5.41) is 3.55. The fourth-order valence-corrected chi connectivity index (χ4v) is 3.61. The van der Waals surface area contributed by atoms with Gasteiger partial charge >= 0.3 is 0 Å². The van der Waals surface area contributed by atoms with Crippen LogP contribution in [0.3, 0.4) is 0 Å². The lowest BCUT2D eigenvalue weighted by atomic mass is 9.90. The Morgan fingerprint density at radius 3 is 2.55 bits per heavy atom. The predicted octanol–water partition coefficient (Wildman–Crippen LogP) is 4.82. The Hall–Kier alpha value is -1.93. The molecule has 0 amide bonds. The van der Waals surface area contributed by atoms with E-state index in [-0.39, 0.29) is 5.92 Å². The molecule has 0 aliphatic carbocycles. The number of rotatable bonds is 5. The van der Waals surface area contributed by atoms with Crippen molar-refractivity contribution in [1.82, 2.24) is 0 Å². The molecule has 0 saturated heterocycles. The smallest absolute Gasteiger partial charge is 0.120 e. The molecule has 0 fully saturated rings. The number of hydrogen-bond donors (Lipinski definition) is 0. The van der Waals surface area contributed by atoms with E-state index in [1.807, 2.05) is 18.2 Å². The van der Waals surface area contributed by atoms with Crippen LogP contribution in [0.15, 0.2) is 60.0 Å². The van der Waals surface area contributed by atoms with Crippen LogP contribution in [0.25, 0.3) is 10.1 Å². The number of thiophene rings is 1. The Kier molecular flexibility index (Phi) is 3.93. The van der Waals surface area contributed by atoms with Crippen molar-refractivity contribution in [2.24, 2.45) is 0 Å². The minimum Gasteiger partial charge on any atom is -0.303 e. The molecule has 0 bridgehead atoms. The molecule has 3 rings (SSSR count). The van der Waals surface area contributed by atoms with E-state index in [1.54, 1.807) is 11.3 Å². The minimum absolute atomic E-state index is 0.270. The maximum atomic E-state index is 11.0. The zero-order valence-electron chi connectivity index (χ0n) is 11.2. The van der Waals surface area contributed by atoms with E-state index in [9.17, 15) is 4.79 Å². The summed E-state index contributed by atoms with van der Waals surface area (Å²) in [4.78, 5) is 11.0. The third-order valence-corrected chi connectivity index (χ3v) is 4.69. The first kappa shape index (κ1) is 13.1. The monoisotopic (exact) mass is 280 g/mol. The number of benzene rings is 2. The minimum atomic E-state index is 0.270. The molecule has 2 aromatic carbocycles. The van der Waals surface area contributed by atoms with Gasteiger partial charge in [0.25, 0.3) is 0 Å². The normalized spacial score (nSPS) is 12.4. The van der Waals surface area contributed by atoms with Gasteiger partial charge in [0.1, 0.15) is 6.29 Å². The van der Waals surface area contributed by atoms with Crippen molar-refractivity contribution in [3.63, 3.8) is 0 Å². The molecule has 20 heavy (non-hydrogen) atoms. The summed E-state index contributed by atoms with van der Waals surface area (Å²) < 4.78 is 1.32. The van der Waals surface area contributed by atoms with Crippen LogP contribution in [0.5, 0.6) is 0 Å². The lowest BCUT2D eigenvalue weighted by molar-refractivity contribution is -0.108. The molecule has 1 aromatic heterocycles. The maximum Gasteiger partial charge on any atom is 0.120 e. The van der Waals surface area contributed by atoms with Gasteiger partial charge in [-0.2, -0.15) is 0 Å². The Bertz CT molecular complexity index is 700. The molecule has 0 aliphatic rings. The van der Waals surface area contributed by atoms with Gasteiger partial charge in [-0.15, -0.1) is 11.3 Å². The van der Waals surface area contributed by atoms with Crippen molar-refractivity contribution in [2.75, 3.05) is 0 Å². The standard InChI is InChI=1S/C18H16OS/c19-11-10-15(14-6-2-1-3-7-14)12-16-13-20-18-9-5-4-8-17(16)18/h1-9,11,13,15H,10,12H2/t15-/m1/s1. The SMILES string of the molecule is O=CC[C@H](Cc1csc2ccccc12)c1ccccc1. The lowest BCUT2D eigenvalue weighted by Gasteiger charge is -2.14. The summed E-state index contributed by atoms with van der Waals surface area (Å²) in [6.45, 7) is 0. The van der Waals surface area contributed by atoms with Crippen LogP contribution in [0, 0.1) is 0 Å². The summed E-state index contributed by atoms with van der Waals surface area (Å²) in [5.74, 6) is 0.270. The van der Waals surface area contributed by atoms with Gasteiger partial charge in [0.05, 0.1) is 0 Å². The second kappa shape index (κ2) is 6.02. The van der Waals surface area contributed by atoms with E-state index < -0.39 is 0 Å². The van der Waals surface area contributed by atoms with Gasteiger partial charge in [-0.1, -0.05) is 48.5 Å². The van der Waals surface area contributed by atoms with E-state index in [4.69, 9.17) is 0 Å². The van der Waals surface area contributed by atoms with Crippen molar-refractivity contribution in [3.05, 3.63) is 71.1 Å². The van der Waals surface area contributed by atoms with Gasteiger partial charge in [-0.05, 0) is 40.3 Å². The van der Waals surface area contributed by atoms with Gasteiger partial charge in [0.15, 0.2) is 0 Å². The number of hydrogen-bond acceptors (Lipinski definition) is 2. The van der Waals surface area contributed by atoms with E-state index in [2.05, 4.69) is 41.8 Å². The zero-order chi connectivity index (χ0) is 13.8. The third kappa shape index (κ3) is 2.66. The van der Waals surface area contributed by atoms with Crippen molar-refractivity contribution < 1.29 is 4.79 Å². The molecule has 0 aliphatic heterocycles. The van der Waals surface area contributed by atoms with Crippen LogP contribution >= 0.6 is 11.3 Å². The quantitative estimate of drug-likeness (QED) is 0.613. The zero-order valence-corrected chi connectivity index (χ0v) is 12.0. The Morgan fingerprint density at radius 2 is 1.75 bits per heavy atom. The van der Waals surface area contributed by atoms with Crippen LogP contribution in [0.2, 0.25) is 0 Å². The first-order valence-corrected chi connectivity index (χ1v) is 7.70. The van der Waals surface area contributed by atoms with Crippen LogP contribution < -0.4 is 0 Å². The van der Waals surface area contributed by atoms with Gasteiger partial charge in [-0.3, -0.25) is 0 Å². The molecule has 3 aromatic rings. The lowest BCUT2D eigenvalue weighted by Crippen LogP contribution is -2.03. The van der Waals surface area contributed by atoms with Gasteiger partial charge in [0, 0.05) is 11.1 Å². The first-order valence-electron chi connectivity index (χ1n) is 6.82. The number of fused-ring (bicyclic) bond motifs is 1. The van der Waals surface area contributed by atoms with Crippen molar-refractivity contribution >= 4 is 27.7 Å². The fourth-order valence-electron chi connectivity index (χ4n) is 2.63. The summed E-state index contributed by atoms with van der Waals surface area (Å²) in [7, 11) is 0. The van der Waals surface area contributed by atoms with Crippen LogP contribution in [-0.4, -0.2) is 6.29 Å². The molecule has 0 N–H and O–H groups in total. The molecule has 0 saturated carbocycles. The molecular weight excluding hydrogens is 264 g/mol. The molecule has 0 unspecified atom stereocenters. The number of carbonyl (C=O) groups excluding carboxylic acids is 1. The van der Waals surface area contributed by atoms with Crippen molar-refractivity contribution in [3.8, 4) is 0 Å². The van der Waals surface area contributed by atoms with Gasteiger partial charge < -0.3 is 4.79 Å². The van der Waals surface area contributed by atoms with Gasteiger partial charge in [-0.25, -0.2) is 0 Å². The molecule has 2 heteroatoms. The average molecular weight is 280 g/mol. The molecule has 0 spiro atoms. The molecule has 100 valence electrons. The highest BCUT2D eigenvalue weighted by Crippen LogP contribution is 2.31. The Labute approximate surface area is 122 Å². The summed E-state index contributed by atoms with van der Waals surface area (Å²) in [6.07, 6.45) is 2.53. The van der Waals surface area contributed by atoms with Gasteiger partial charge in [0.2, 0.25) is 0 Å². The summed E-state index contributed by atoms with van der Waals surface area (Å²) in [5.41, 5.74) is 2.59. The average Bonchev–Trinajstić information content (AvgIpc) is 2.91. The second-order valence-electron chi connectivity index (χ2n) is 4.97. The van der Waals surface area contributed by atoms with Crippen LogP contribution in [0.1, 0.15) is 23.5 Å². The highest BCUT2D eigenvalue weighted by molar-refractivity contribution is 7.17.